The Morgan fingerprint density at radius 3 is 2.62 bits per heavy atom. The quantitative estimate of drug-likeness (QED) is 0.645. The fraction of sp³-hybridized carbons (Fsp3) is 0.458. The molecule has 4 rings (SSSR count). The van der Waals surface area contributed by atoms with E-state index in [9.17, 15) is 18.0 Å². The predicted octanol–water partition coefficient (Wildman–Crippen LogP) is 4.82. The van der Waals surface area contributed by atoms with Crippen LogP contribution in [0, 0.1) is 0 Å². The van der Waals surface area contributed by atoms with Crippen LogP contribution in [0.4, 0.5) is 24.5 Å². The third-order valence-corrected chi connectivity index (χ3v) is 6.99. The first-order valence-electron chi connectivity index (χ1n) is 11.0. The van der Waals surface area contributed by atoms with Gasteiger partial charge in [0.2, 0.25) is 0 Å². The van der Waals surface area contributed by atoms with E-state index in [2.05, 4.69) is 17.6 Å². The lowest BCUT2D eigenvalue weighted by molar-refractivity contribution is -0.137. The van der Waals surface area contributed by atoms with Gasteiger partial charge in [0.05, 0.1) is 30.9 Å². The Labute approximate surface area is 186 Å². The van der Waals surface area contributed by atoms with Crippen LogP contribution in [0.3, 0.4) is 0 Å². The van der Waals surface area contributed by atoms with E-state index in [-0.39, 0.29) is 23.3 Å². The molecule has 3 atom stereocenters. The highest BCUT2D eigenvalue weighted by Gasteiger charge is 2.49. The maximum Gasteiger partial charge on any atom is 0.418 e. The van der Waals surface area contributed by atoms with Gasteiger partial charge in [0.25, 0.3) is 5.91 Å². The van der Waals surface area contributed by atoms with Crippen molar-refractivity contribution in [1.29, 1.82) is 0 Å². The van der Waals surface area contributed by atoms with E-state index in [0.29, 0.717) is 15.9 Å². The SMILES string of the molecule is COc1cccc(C(=O)Nc2ccc([N+]3(C4CCNC4)CCCC3C)cc2C(F)(F)F)c1. The second kappa shape index (κ2) is 8.75. The Balaban J connectivity index is 1.71. The Morgan fingerprint density at radius 2 is 2.00 bits per heavy atom. The number of nitrogens with one attached hydrogen (secondary N) is 2. The lowest BCUT2D eigenvalue weighted by atomic mass is 10.0. The third-order valence-electron chi connectivity index (χ3n) is 6.99. The maximum atomic E-state index is 14.1. The van der Waals surface area contributed by atoms with E-state index in [4.69, 9.17) is 4.74 Å². The van der Waals surface area contributed by atoms with Crippen molar-refractivity contribution < 1.29 is 22.7 Å². The van der Waals surface area contributed by atoms with Gasteiger partial charge in [0, 0.05) is 50.0 Å². The molecular weight excluding hydrogens is 419 g/mol. The van der Waals surface area contributed by atoms with Gasteiger partial charge in [0.15, 0.2) is 0 Å². The number of carbonyl (C=O) groups excluding carboxylic acids is 1. The van der Waals surface area contributed by atoms with Crippen molar-refractivity contribution in [2.45, 2.75) is 44.4 Å². The average molecular weight is 449 g/mol. The molecule has 2 N–H and O–H groups in total. The van der Waals surface area contributed by atoms with Gasteiger partial charge in [-0.25, -0.2) is 0 Å². The number of quaternary nitrogens is 1. The molecule has 2 heterocycles. The number of methoxy groups -OCH3 is 1. The number of alkyl halides is 3. The number of hydrogen-bond donors (Lipinski definition) is 2. The zero-order valence-corrected chi connectivity index (χ0v) is 18.3. The Kier molecular flexibility index (Phi) is 6.18. The Hall–Kier alpha value is -2.58. The normalized spacial score (nSPS) is 25.7. The number of nitrogens with zero attached hydrogens (tertiary/aromatic N) is 1. The van der Waals surface area contributed by atoms with Gasteiger partial charge < -0.3 is 15.4 Å². The van der Waals surface area contributed by atoms with E-state index < -0.39 is 17.6 Å². The van der Waals surface area contributed by atoms with Gasteiger partial charge in [0.1, 0.15) is 17.5 Å². The smallest absolute Gasteiger partial charge is 0.418 e. The first kappa shape index (κ1) is 22.6. The molecule has 0 saturated carbocycles. The first-order valence-corrected chi connectivity index (χ1v) is 11.0. The molecule has 2 saturated heterocycles. The molecule has 3 unspecified atom stereocenters. The molecule has 2 aromatic rings. The molecule has 2 aromatic carbocycles. The summed E-state index contributed by atoms with van der Waals surface area (Å²) in [5.74, 6) is -0.149. The van der Waals surface area contributed by atoms with Crippen molar-refractivity contribution in [3.63, 3.8) is 0 Å². The summed E-state index contributed by atoms with van der Waals surface area (Å²) < 4.78 is 48.0. The van der Waals surface area contributed by atoms with Gasteiger partial charge in [-0.05, 0) is 31.2 Å². The molecule has 32 heavy (non-hydrogen) atoms. The number of likely N-dealkylation sites (tertiary alicyclic amines) is 1. The molecule has 0 aromatic heterocycles. The van der Waals surface area contributed by atoms with Gasteiger partial charge in [-0.15, -0.1) is 0 Å². The van der Waals surface area contributed by atoms with Crippen LogP contribution >= 0.6 is 0 Å². The van der Waals surface area contributed by atoms with Crippen LogP contribution < -0.4 is 19.9 Å². The minimum absolute atomic E-state index is 0.232. The zero-order chi connectivity index (χ0) is 22.9. The van der Waals surface area contributed by atoms with Crippen molar-refractivity contribution in [3.8, 4) is 5.75 Å². The highest BCUT2D eigenvalue weighted by Crippen LogP contribution is 2.44. The molecular formula is C24H29F3N3O2+. The van der Waals surface area contributed by atoms with E-state index in [0.717, 1.165) is 38.9 Å². The van der Waals surface area contributed by atoms with Gasteiger partial charge in [-0.1, -0.05) is 6.07 Å². The summed E-state index contributed by atoms with van der Waals surface area (Å²) in [4.78, 5) is 12.7. The monoisotopic (exact) mass is 448 g/mol. The van der Waals surface area contributed by atoms with Crippen LogP contribution in [-0.4, -0.2) is 44.7 Å². The number of hydrogen-bond acceptors (Lipinski definition) is 3. The summed E-state index contributed by atoms with van der Waals surface area (Å²) in [5.41, 5.74) is -0.136. The second-order valence-corrected chi connectivity index (χ2v) is 8.71. The molecule has 1 amide bonds. The fourth-order valence-electron chi connectivity index (χ4n) is 5.36. The van der Waals surface area contributed by atoms with Crippen molar-refractivity contribution >= 4 is 17.3 Å². The van der Waals surface area contributed by atoms with Gasteiger partial charge in [-0.3, -0.25) is 9.28 Å². The lowest BCUT2D eigenvalue weighted by Crippen LogP contribution is -2.59. The number of amides is 1. The minimum Gasteiger partial charge on any atom is -0.497 e. The van der Waals surface area contributed by atoms with Crippen molar-refractivity contribution in [2.75, 3.05) is 32.1 Å². The summed E-state index contributed by atoms with van der Waals surface area (Å²) in [7, 11) is 1.47. The molecule has 8 heteroatoms. The van der Waals surface area contributed by atoms with Crippen LogP contribution in [0.2, 0.25) is 0 Å². The molecule has 0 aliphatic carbocycles. The molecule has 5 nitrogen and oxygen atoms in total. The minimum atomic E-state index is -4.59. The number of benzene rings is 2. The molecule has 2 aliphatic heterocycles. The molecule has 2 aliphatic rings. The van der Waals surface area contributed by atoms with Gasteiger partial charge >= 0.3 is 6.18 Å². The van der Waals surface area contributed by atoms with Crippen LogP contribution in [0.15, 0.2) is 42.5 Å². The zero-order valence-electron chi connectivity index (χ0n) is 18.3. The summed E-state index contributed by atoms with van der Waals surface area (Å²) in [6, 6.07) is 11.3. The van der Waals surface area contributed by atoms with E-state index >= 15 is 0 Å². The van der Waals surface area contributed by atoms with Crippen molar-refractivity contribution in [2.24, 2.45) is 0 Å². The standard InChI is InChI=1S/C24H28F3N3O2/c1-16-5-4-12-30(16,19-10-11-28-15-19)18-8-9-22(21(14-18)24(25,26)27)29-23(31)17-6-3-7-20(13-17)32-2/h3,6-9,13-14,16,19,28H,4-5,10-12,15H2,1-2H3/p+1. The fourth-order valence-corrected chi connectivity index (χ4v) is 5.36. The van der Waals surface area contributed by atoms with Crippen molar-refractivity contribution in [3.05, 3.63) is 53.6 Å². The number of carbonyl (C=O) groups is 1. The summed E-state index contributed by atoms with van der Waals surface area (Å²) >= 11 is 0. The largest absolute Gasteiger partial charge is 0.497 e. The number of anilines is 1. The molecule has 172 valence electrons. The topological polar surface area (TPSA) is 50.4 Å². The Morgan fingerprint density at radius 1 is 1.19 bits per heavy atom. The van der Waals surface area contributed by atoms with E-state index in [1.165, 1.54) is 25.3 Å². The summed E-state index contributed by atoms with van der Waals surface area (Å²) in [6.07, 6.45) is -1.66. The highest BCUT2D eigenvalue weighted by atomic mass is 19.4. The van der Waals surface area contributed by atoms with Crippen LogP contribution in [0.5, 0.6) is 5.75 Å². The maximum absolute atomic E-state index is 14.1. The average Bonchev–Trinajstić information content (AvgIpc) is 3.44. The number of ether oxygens (including phenoxy) is 1. The van der Waals surface area contributed by atoms with Crippen LogP contribution in [0.1, 0.15) is 42.1 Å². The van der Waals surface area contributed by atoms with Crippen molar-refractivity contribution in [1.82, 2.24) is 9.80 Å². The number of halogens is 3. The van der Waals surface area contributed by atoms with Crippen LogP contribution in [0.25, 0.3) is 0 Å². The summed E-state index contributed by atoms with van der Waals surface area (Å²) in [5, 5.41) is 5.83. The highest BCUT2D eigenvalue weighted by molar-refractivity contribution is 6.05. The summed E-state index contributed by atoms with van der Waals surface area (Å²) in [6.45, 7) is 4.66. The van der Waals surface area contributed by atoms with Crippen LogP contribution in [-0.2, 0) is 6.18 Å². The van der Waals surface area contributed by atoms with E-state index in [1.54, 1.807) is 24.3 Å². The second-order valence-electron chi connectivity index (χ2n) is 8.71. The predicted molar refractivity (Wildman–Crippen MR) is 119 cm³/mol. The van der Waals surface area contributed by atoms with Gasteiger partial charge in [-0.2, -0.15) is 13.2 Å². The number of rotatable bonds is 5. The third kappa shape index (κ3) is 4.09. The molecule has 2 fully saturated rings. The molecule has 0 bridgehead atoms. The molecule has 0 spiro atoms. The Bertz CT molecular complexity index is 989. The van der Waals surface area contributed by atoms with E-state index in [1.807, 2.05) is 0 Å². The molecule has 0 radical (unpaired) electrons. The lowest BCUT2D eigenvalue weighted by Gasteiger charge is -2.43. The first-order chi connectivity index (χ1) is 15.3.